The summed E-state index contributed by atoms with van der Waals surface area (Å²) in [6.07, 6.45) is 9.82. The summed E-state index contributed by atoms with van der Waals surface area (Å²) in [5.74, 6) is 0.768. The van der Waals surface area contributed by atoms with Gasteiger partial charge in [0.2, 0.25) is 0 Å². The van der Waals surface area contributed by atoms with E-state index in [2.05, 4.69) is 13.0 Å². The van der Waals surface area contributed by atoms with Crippen molar-refractivity contribution in [2.75, 3.05) is 13.2 Å². The van der Waals surface area contributed by atoms with Gasteiger partial charge in [-0.3, -0.25) is 0 Å². The number of rotatable bonds is 5. The zero-order chi connectivity index (χ0) is 10.5. The molecule has 1 saturated carbocycles. The van der Waals surface area contributed by atoms with Crippen LogP contribution in [0.15, 0.2) is 11.5 Å². The largest absolute Gasteiger partial charge is 0.489 e. The minimum absolute atomic E-state index is 0.0110. The molecule has 2 fully saturated rings. The number of hydrogen-bond acceptors (Lipinski definition) is 2. The third-order valence-corrected chi connectivity index (χ3v) is 3.09. The highest BCUT2D eigenvalue weighted by Crippen LogP contribution is 2.38. The van der Waals surface area contributed by atoms with Crippen molar-refractivity contribution >= 4 is 7.12 Å². The maximum Gasteiger partial charge on any atom is 0.489 e. The van der Waals surface area contributed by atoms with E-state index >= 15 is 0 Å². The molecule has 84 valence electrons. The number of unbranched alkanes of at least 4 members (excludes halogenated alkanes) is 2. The summed E-state index contributed by atoms with van der Waals surface area (Å²) in [5, 5.41) is 0. The van der Waals surface area contributed by atoms with Gasteiger partial charge in [0.25, 0.3) is 0 Å². The minimum atomic E-state index is -0.0110. The topological polar surface area (TPSA) is 18.5 Å². The fraction of sp³-hybridized carbons (Fsp3) is 0.833. The van der Waals surface area contributed by atoms with E-state index in [0.717, 1.165) is 25.6 Å². The van der Waals surface area contributed by atoms with Gasteiger partial charge in [-0.05, 0) is 37.1 Å². The Bertz CT molecular complexity index is 218. The lowest BCUT2D eigenvalue weighted by Crippen LogP contribution is -2.32. The molecule has 0 unspecified atom stereocenters. The van der Waals surface area contributed by atoms with E-state index in [1.807, 2.05) is 0 Å². The van der Waals surface area contributed by atoms with E-state index < -0.39 is 0 Å². The molecule has 2 aliphatic rings. The van der Waals surface area contributed by atoms with Gasteiger partial charge in [0.15, 0.2) is 0 Å². The third kappa shape index (κ3) is 3.35. The van der Waals surface area contributed by atoms with Crippen LogP contribution in [0.2, 0.25) is 0 Å². The quantitative estimate of drug-likeness (QED) is 0.510. The standard InChI is InChI=1S/C12H21BO2/c1-2-3-4-6-12(11-7-8-11)13-14-9-5-10-15-13/h6,11H,2-5,7-10H2,1H3/b12-6-. The van der Waals surface area contributed by atoms with Gasteiger partial charge >= 0.3 is 7.12 Å². The maximum absolute atomic E-state index is 5.68. The maximum atomic E-state index is 5.68. The molecular formula is C12H21BO2. The van der Waals surface area contributed by atoms with Crippen molar-refractivity contribution in [2.45, 2.75) is 45.4 Å². The van der Waals surface area contributed by atoms with Gasteiger partial charge in [0, 0.05) is 13.2 Å². The number of allylic oxidation sites excluding steroid dienone is 2. The second-order valence-corrected chi connectivity index (χ2v) is 4.55. The van der Waals surface area contributed by atoms with Crippen LogP contribution in [-0.4, -0.2) is 20.3 Å². The van der Waals surface area contributed by atoms with Gasteiger partial charge < -0.3 is 9.31 Å². The lowest BCUT2D eigenvalue weighted by Gasteiger charge is -2.22. The Kier molecular flexibility index (Phi) is 4.27. The minimum Gasteiger partial charge on any atom is -0.407 e. The molecule has 2 rings (SSSR count). The summed E-state index contributed by atoms with van der Waals surface area (Å²) in [4.78, 5) is 0. The van der Waals surface area contributed by atoms with Gasteiger partial charge in [0.05, 0.1) is 0 Å². The summed E-state index contributed by atoms with van der Waals surface area (Å²) in [7, 11) is -0.0110. The Morgan fingerprint density at radius 2 is 2.07 bits per heavy atom. The fourth-order valence-corrected chi connectivity index (χ4v) is 2.03. The first kappa shape index (κ1) is 11.2. The van der Waals surface area contributed by atoms with Crippen molar-refractivity contribution < 1.29 is 9.31 Å². The first-order chi connectivity index (χ1) is 7.42. The van der Waals surface area contributed by atoms with Gasteiger partial charge in [-0.25, -0.2) is 0 Å². The molecule has 3 heteroatoms. The predicted molar refractivity (Wildman–Crippen MR) is 62.6 cm³/mol. The molecule has 15 heavy (non-hydrogen) atoms. The summed E-state index contributed by atoms with van der Waals surface area (Å²) in [5.41, 5.74) is 1.43. The van der Waals surface area contributed by atoms with Crippen molar-refractivity contribution in [1.29, 1.82) is 0 Å². The van der Waals surface area contributed by atoms with Crippen molar-refractivity contribution in [3.63, 3.8) is 0 Å². The van der Waals surface area contributed by atoms with Crippen LogP contribution >= 0.6 is 0 Å². The molecule has 0 spiro atoms. The van der Waals surface area contributed by atoms with Crippen molar-refractivity contribution in [3.8, 4) is 0 Å². The molecule has 0 amide bonds. The van der Waals surface area contributed by atoms with Crippen LogP contribution in [-0.2, 0) is 9.31 Å². The van der Waals surface area contributed by atoms with E-state index in [1.165, 1.54) is 37.6 Å². The fourth-order valence-electron chi connectivity index (χ4n) is 2.03. The molecule has 1 heterocycles. The molecule has 0 atom stereocenters. The molecule has 0 aromatic heterocycles. The Morgan fingerprint density at radius 3 is 2.67 bits per heavy atom. The third-order valence-electron chi connectivity index (χ3n) is 3.09. The normalized spacial score (nSPS) is 23.3. The van der Waals surface area contributed by atoms with Crippen LogP contribution in [0.5, 0.6) is 0 Å². The lowest BCUT2D eigenvalue weighted by molar-refractivity contribution is 0.139. The van der Waals surface area contributed by atoms with Crippen LogP contribution < -0.4 is 0 Å². The average molecular weight is 208 g/mol. The van der Waals surface area contributed by atoms with Crippen LogP contribution in [0.4, 0.5) is 0 Å². The van der Waals surface area contributed by atoms with Crippen molar-refractivity contribution in [2.24, 2.45) is 5.92 Å². The molecular weight excluding hydrogens is 187 g/mol. The molecule has 0 radical (unpaired) electrons. The highest BCUT2D eigenvalue weighted by atomic mass is 16.6. The Morgan fingerprint density at radius 1 is 1.33 bits per heavy atom. The molecule has 0 N–H and O–H groups in total. The summed E-state index contributed by atoms with van der Waals surface area (Å²) < 4.78 is 11.4. The zero-order valence-electron chi connectivity index (χ0n) is 9.71. The number of hydrogen-bond donors (Lipinski definition) is 0. The van der Waals surface area contributed by atoms with Crippen LogP contribution in [0.3, 0.4) is 0 Å². The Balaban J connectivity index is 1.89. The van der Waals surface area contributed by atoms with Gasteiger partial charge in [-0.2, -0.15) is 0 Å². The highest BCUT2D eigenvalue weighted by molar-refractivity contribution is 6.54. The summed E-state index contributed by atoms with van der Waals surface area (Å²) >= 11 is 0. The molecule has 0 bridgehead atoms. The van der Waals surface area contributed by atoms with E-state index in [1.54, 1.807) is 0 Å². The Labute approximate surface area is 93.2 Å². The molecule has 1 saturated heterocycles. The van der Waals surface area contributed by atoms with Gasteiger partial charge in [-0.1, -0.05) is 25.8 Å². The van der Waals surface area contributed by atoms with E-state index in [0.29, 0.717) is 0 Å². The molecule has 0 aromatic rings. The SMILES string of the molecule is CCCC/C=C(\B1OCCCO1)C1CC1. The van der Waals surface area contributed by atoms with E-state index in [-0.39, 0.29) is 7.12 Å². The predicted octanol–water partition coefficient (Wildman–Crippen LogP) is 2.98. The summed E-state index contributed by atoms with van der Waals surface area (Å²) in [6, 6.07) is 0. The first-order valence-corrected chi connectivity index (χ1v) is 6.35. The monoisotopic (exact) mass is 208 g/mol. The second kappa shape index (κ2) is 5.71. The first-order valence-electron chi connectivity index (χ1n) is 6.35. The smallest absolute Gasteiger partial charge is 0.407 e. The van der Waals surface area contributed by atoms with Crippen molar-refractivity contribution in [1.82, 2.24) is 0 Å². The van der Waals surface area contributed by atoms with Gasteiger partial charge in [-0.15, -0.1) is 0 Å². The van der Waals surface area contributed by atoms with Crippen molar-refractivity contribution in [3.05, 3.63) is 11.5 Å². The molecule has 1 aliphatic carbocycles. The average Bonchev–Trinajstić information content (AvgIpc) is 3.10. The van der Waals surface area contributed by atoms with Gasteiger partial charge in [0.1, 0.15) is 0 Å². The lowest BCUT2D eigenvalue weighted by atomic mass is 9.73. The molecule has 0 aromatic carbocycles. The molecule has 1 aliphatic heterocycles. The van der Waals surface area contributed by atoms with Crippen LogP contribution in [0.1, 0.15) is 45.4 Å². The molecule has 2 nitrogen and oxygen atoms in total. The summed E-state index contributed by atoms with van der Waals surface area (Å²) in [6.45, 7) is 3.96. The second-order valence-electron chi connectivity index (χ2n) is 4.55. The van der Waals surface area contributed by atoms with Crippen LogP contribution in [0.25, 0.3) is 0 Å². The zero-order valence-corrected chi connectivity index (χ0v) is 9.71. The Hall–Kier alpha value is -0.275. The van der Waals surface area contributed by atoms with E-state index in [4.69, 9.17) is 9.31 Å². The highest BCUT2D eigenvalue weighted by Gasteiger charge is 2.37. The van der Waals surface area contributed by atoms with E-state index in [9.17, 15) is 0 Å². The van der Waals surface area contributed by atoms with Crippen LogP contribution in [0, 0.1) is 5.92 Å².